The summed E-state index contributed by atoms with van der Waals surface area (Å²) < 4.78 is 86.0. The third-order valence-electron chi connectivity index (χ3n) is 3.52. The van der Waals surface area contributed by atoms with Crippen molar-refractivity contribution in [2.45, 2.75) is 23.7 Å². The zero-order chi connectivity index (χ0) is 21.0. The molecule has 28 heavy (non-hydrogen) atoms. The molecule has 0 saturated heterocycles. The van der Waals surface area contributed by atoms with Gasteiger partial charge in [-0.3, -0.25) is 0 Å². The van der Waals surface area contributed by atoms with Gasteiger partial charge in [-0.15, -0.1) is 0 Å². The van der Waals surface area contributed by atoms with Gasteiger partial charge in [0.05, 0.1) is 11.5 Å². The Bertz CT molecular complexity index is 918. The molecule has 0 aliphatic rings. The molecule has 0 unspecified atom stereocenters. The van der Waals surface area contributed by atoms with Crippen LogP contribution in [0.5, 0.6) is 0 Å². The number of hydrogen-bond donors (Lipinski definition) is 2. The normalized spacial score (nSPS) is 14.2. The van der Waals surface area contributed by atoms with E-state index >= 15 is 0 Å². The van der Waals surface area contributed by atoms with E-state index in [0.717, 1.165) is 36.4 Å². The van der Waals surface area contributed by atoms with Crippen LogP contribution >= 0.6 is 0 Å². The predicted octanol–water partition coefficient (Wildman–Crippen LogP) is 3.04. The van der Waals surface area contributed by atoms with E-state index in [1.807, 2.05) is 5.32 Å². The van der Waals surface area contributed by atoms with Crippen LogP contribution < -0.4 is 10.0 Å². The zero-order valence-corrected chi connectivity index (χ0v) is 15.3. The number of esters is 1. The lowest BCUT2D eigenvalue weighted by Gasteiger charge is -2.35. The summed E-state index contributed by atoms with van der Waals surface area (Å²) in [6.07, 6.45) is -5.45. The summed E-state index contributed by atoms with van der Waals surface area (Å²) in [6.45, 7) is 0.831. The van der Waals surface area contributed by atoms with Crippen LogP contribution in [0.3, 0.4) is 0 Å². The molecule has 0 bridgehead atoms. The van der Waals surface area contributed by atoms with Gasteiger partial charge in [0.2, 0.25) is 10.0 Å². The van der Waals surface area contributed by atoms with Crippen LogP contribution in [-0.4, -0.2) is 32.8 Å². The van der Waals surface area contributed by atoms with Gasteiger partial charge in [0, 0.05) is 5.69 Å². The lowest BCUT2D eigenvalue weighted by molar-refractivity contribution is -0.202. The molecule has 0 heterocycles. The van der Waals surface area contributed by atoms with Crippen molar-refractivity contribution in [3.05, 3.63) is 60.4 Å². The molecule has 1 atom stereocenters. The number of rotatable bonds is 7. The number of benzene rings is 2. The summed E-state index contributed by atoms with van der Waals surface area (Å²) in [7, 11) is -4.80. The van der Waals surface area contributed by atoms with Crippen LogP contribution in [0, 0.1) is 5.82 Å². The minimum absolute atomic E-state index is 0.359. The van der Waals surface area contributed by atoms with Gasteiger partial charge in [0.25, 0.3) is 5.66 Å². The van der Waals surface area contributed by atoms with Gasteiger partial charge in [0.1, 0.15) is 5.82 Å². The van der Waals surface area contributed by atoms with Crippen molar-refractivity contribution < 1.29 is 35.5 Å². The molecular weight excluding hydrogens is 404 g/mol. The van der Waals surface area contributed by atoms with E-state index in [9.17, 15) is 30.8 Å². The average Bonchev–Trinajstić information content (AvgIpc) is 2.63. The Morgan fingerprint density at radius 1 is 1.04 bits per heavy atom. The molecule has 0 fully saturated rings. The van der Waals surface area contributed by atoms with E-state index in [4.69, 9.17) is 0 Å². The van der Waals surface area contributed by atoms with E-state index < -0.39 is 45.2 Å². The van der Waals surface area contributed by atoms with Gasteiger partial charge >= 0.3 is 12.1 Å². The van der Waals surface area contributed by atoms with E-state index in [2.05, 4.69) is 4.74 Å². The third-order valence-corrected chi connectivity index (χ3v) is 4.99. The molecule has 0 spiro atoms. The Morgan fingerprint density at radius 3 is 2.11 bits per heavy atom. The van der Waals surface area contributed by atoms with Gasteiger partial charge < -0.3 is 10.1 Å². The molecular formula is C17H16F4N2O4S. The van der Waals surface area contributed by atoms with Crippen LogP contribution in [0.2, 0.25) is 0 Å². The maximum absolute atomic E-state index is 14.0. The second-order valence-corrected chi connectivity index (χ2v) is 7.20. The number of alkyl halides is 3. The highest BCUT2D eigenvalue weighted by atomic mass is 32.2. The second-order valence-electron chi connectivity index (χ2n) is 5.52. The smallest absolute Gasteiger partial charge is 0.437 e. The van der Waals surface area contributed by atoms with Crippen molar-refractivity contribution in [1.82, 2.24) is 4.72 Å². The summed E-state index contributed by atoms with van der Waals surface area (Å²) in [5, 5.41) is 1.81. The Morgan fingerprint density at radius 2 is 1.61 bits per heavy atom. The van der Waals surface area contributed by atoms with E-state index in [1.165, 1.54) is 29.8 Å². The fourth-order valence-corrected chi connectivity index (χ4v) is 3.50. The molecule has 6 nitrogen and oxygen atoms in total. The van der Waals surface area contributed by atoms with Gasteiger partial charge in [-0.1, -0.05) is 18.2 Å². The summed E-state index contributed by atoms with van der Waals surface area (Å²) in [5.41, 5.74) is -4.20. The fraction of sp³-hybridized carbons (Fsp3) is 0.235. The summed E-state index contributed by atoms with van der Waals surface area (Å²) in [4.78, 5) is 11.8. The molecule has 2 aromatic rings. The van der Waals surface area contributed by atoms with E-state index in [0.29, 0.717) is 0 Å². The monoisotopic (exact) mass is 420 g/mol. The number of halogens is 4. The molecule has 0 saturated carbocycles. The first-order valence-electron chi connectivity index (χ1n) is 7.88. The van der Waals surface area contributed by atoms with E-state index in [1.54, 1.807) is 0 Å². The number of ether oxygens (including phenoxy) is 1. The number of anilines is 1. The first-order valence-corrected chi connectivity index (χ1v) is 9.37. The Kier molecular flexibility index (Phi) is 6.30. The topological polar surface area (TPSA) is 84.5 Å². The summed E-state index contributed by atoms with van der Waals surface area (Å²) in [5.74, 6) is -2.64. The van der Waals surface area contributed by atoms with Gasteiger partial charge in [-0.05, 0) is 43.3 Å². The minimum atomic E-state index is -5.45. The molecule has 0 radical (unpaired) electrons. The van der Waals surface area contributed by atoms with Crippen LogP contribution in [0.4, 0.5) is 23.2 Å². The highest BCUT2D eigenvalue weighted by Crippen LogP contribution is 2.34. The minimum Gasteiger partial charge on any atom is -0.463 e. The maximum atomic E-state index is 14.0. The Hall–Kier alpha value is -2.66. The van der Waals surface area contributed by atoms with Crippen molar-refractivity contribution in [2.75, 3.05) is 11.9 Å². The van der Waals surface area contributed by atoms with Crippen molar-refractivity contribution >= 4 is 21.7 Å². The van der Waals surface area contributed by atoms with Crippen molar-refractivity contribution in [3.63, 3.8) is 0 Å². The van der Waals surface area contributed by atoms with Crippen LogP contribution in [0.15, 0.2) is 59.5 Å². The lowest BCUT2D eigenvalue weighted by Crippen LogP contribution is -2.69. The molecule has 2 N–H and O–H groups in total. The fourth-order valence-electron chi connectivity index (χ4n) is 2.21. The average molecular weight is 420 g/mol. The van der Waals surface area contributed by atoms with Crippen molar-refractivity contribution in [1.29, 1.82) is 0 Å². The molecule has 0 aromatic heterocycles. The van der Waals surface area contributed by atoms with Crippen LogP contribution in [-0.2, 0) is 19.6 Å². The zero-order valence-electron chi connectivity index (χ0n) is 14.5. The number of hydrogen-bond acceptors (Lipinski definition) is 5. The van der Waals surface area contributed by atoms with Crippen molar-refractivity contribution in [2.24, 2.45) is 0 Å². The first-order chi connectivity index (χ1) is 13.0. The van der Waals surface area contributed by atoms with Gasteiger partial charge in [-0.25, -0.2) is 17.6 Å². The second kappa shape index (κ2) is 8.15. The molecule has 152 valence electrons. The van der Waals surface area contributed by atoms with Gasteiger partial charge in [-0.2, -0.15) is 17.9 Å². The van der Waals surface area contributed by atoms with Crippen molar-refractivity contribution in [3.8, 4) is 0 Å². The molecule has 11 heteroatoms. The SMILES string of the molecule is CCOC(=O)[C@@](Nc1ccc(F)cc1)(NS(=O)(=O)c1ccccc1)C(F)(F)F. The Labute approximate surface area is 158 Å². The van der Waals surface area contributed by atoms with Gasteiger partial charge in [0.15, 0.2) is 0 Å². The molecule has 0 aliphatic heterocycles. The number of carbonyl (C=O) groups excluding carboxylic acids is 1. The quantitative estimate of drug-likeness (QED) is 0.409. The molecule has 0 amide bonds. The molecule has 0 aliphatic carbocycles. The van der Waals surface area contributed by atoms with E-state index in [-0.39, 0.29) is 5.69 Å². The molecule has 2 aromatic carbocycles. The third kappa shape index (κ3) is 4.60. The number of carbonyl (C=O) groups is 1. The predicted molar refractivity (Wildman–Crippen MR) is 92.2 cm³/mol. The first kappa shape index (κ1) is 21.6. The standard InChI is InChI=1S/C17H16F4N2O4S/c1-2-27-15(24)16(17(19,20)21,22-13-10-8-12(18)9-11-13)23-28(25,26)14-6-4-3-5-7-14/h3-11,22-23H,2H2,1H3/t16-/m1/s1. The Balaban J connectivity index is 2.58. The largest absolute Gasteiger partial charge is 0.463 e. The van der Waals surface area contributed by atoms with Crippen LogP contribution in [0.25, 0.3) is 0 Å². The van der Waals surface area contributed by atoms with Crippen LogP contribution in [0.1, 0.15) is 6.92 Å². The number of sulfonamides is 1. The highest BCUT2D eigenvalue weighted by Gasteiger charge is 2.64. The number of nitrogens with one attached hydrogen (secondary N) is 2. The molecule has 2 rings (SSSR count). The summed E-state index contributed by atoms with van der Waals surface area (Å²) >= 11 is 0. The lowest BCUT2D eigenvalue weighted by atomic mass is 10.1. The maximum Gasteiger partial charge on any atom is 0.437 e. The highest BCUT2D eigenvalue weighted by molar-refractivity contribution is 7.89. The summed E-state index contributed by atoms with van der Waals surface area (Å²) in [6, 6.07) is 9.75.